The number of rotatable bonds is 8. The Bertz CT molecular complexity index is 1530. The second-order valence-corrected chi connectivity index (χ2v) is 9.01. The number of aryl methyl sites for hydroxylation is 2. The van der Waals surface area contributed by atoms with Gasteiger partial charge in [-0.2, -0.15) is 0 Å². The molecule has 0 radical (unpaired) electrons. The van der Waals surface area contributed by atoms with Crippen molar-refractivity contribution < 1.29 is 13.5 Å². The second kappa shape index (κ2) is 10.4. The Balaban J connectivity index is 1.40. The van der Waals surface area contributed by atoms with Crippen molar-refractivity contribution in [2.75, 3.05) is 5.32 Å². The van der Waals surface area contributed by atoms with E-state index in [4.69, 9.17) is 20.8 Å². The lowest BCUT2D eigenvalue weighted by atomic mass is 10.0. The number of hydrogen-bond donors (Lipinski definition) is 1. The van der Waals surface area contributed by atoms with Crippen molar-refractivity contribution in [1.29, 1.82) is 0 Å². The number of anilines is 2. The molecule has 0 bridgehead atoms. The summed E-state index contributed by atoms with van der Waals surface area (Å²) in [4.78, 5) is 8.92. The highest BCUT2D eigenvalue weighted by Crippen LogP contribution is 2.35. The highest BCUT2D eigenvalue weighted by atomic mass is 35.5. The van der Waals surface area contributed by atoms with E-state index in [1.807, 2.05) is 49.4 Å². The van der Waals surface area contributed by atoms with E-state index < -0.39 is 0 Å². The van der Waals surface area contributed by atoms with Crippen LogP contribution in [0.15, 0.2) is 77.5 Å². The highest BCUT2D eigenvalue weighted by Gasteiger charge is 2.13. The van der Waals surface area contributed by atoms with E-state index in [1.165, 1.54) is 18.5 Å². The van der Waals surface area contributed by atoms with Crippen molar-refractivity contribution in [3.8, 4) is 17.1 Å². The van der Waals surface area contributed by atoms with Crippen molar-refractivity contribution >= 4 is 34.0 Å². The molecule has 5 aromatic rings. The van der Waals surface area contributed by atoms with Crippen molar-refractivity contribution in [3.63, 3.8) is 0 Å². The third-order valence-corrected chi connectivity index (χ3v) is 6.21. The molecule has 2 aromatic heterocycles. The molecule has 1 N–H and O–H groups in total. The van der Waals surface area contributed by atoms with Gasteiger partial charge in [0.1, 0.15) is 41.8 Å². The molecule has 0 aliphatic heterocycles. The highest BCUT2D eigenvalue weighted by molar-refractivity contribution is 6.33. The van der Waals surface area contributed by atoms with Crippen molar-refractivity contribution in [3.05, 3.63) is 101 Å². The minimum atomic E-state index is -0.294. The Morgan fingerprint density at radius 3 is 2.72 bits per heavy atom. The van der Waals surface area contributed by atoms with Crippen LogP contribution in [0.25, 0.3) is 22.2 Å². The first-order valence-corrected chi connectivity index (χ1v) is 12.2. The van der Waals surface area contributed by atoms with Crippen LogP contribution in [-0.2, 0) is 13.0 Å². The minimum absolute atomic E-state index is 0.242. The van der Waals surface area contributed by atoms with Gasteiger partial charge in [-0.3, -0.25) is 0 Å². The fourth-order valence-electron chi connectivity index (χ4n) is 4.08. The predicted molar refractivity (Wildman–Crippen MR) is 141 cm³/mol. The first kappa shape index (κ1) is 23.8. The number of ether oxygens (including phenoxy) is 1. The van der Waals surface area contributed by atoms with Crippen LogP contribution in [-0.4, -0.2) is 9.97 Å². The first-order chi connectivity index (χ1) is 17.5. The molecule has 0 atom stereocenters. The third kappa shape index (κ3) is 5.19. The number of hydrogen-bond acceptors (Lipinski definition) is 5. The molecule has 0 spiro atoms. The quantitative estimate of drug-likeness (QED) is 0.232. The van der Waals surface area contributed by atoms with Gasteiger partial charge in [0.15, 0.2) is 0 Å². The van der Waals surface area contributed by atoms with Gasteiger partial charge >= 0.3 is 0 Å². The van der Waals surface area contributed by atoms with E-state index in [9.17, 15) is 4.39 Å². The molecule has 5 rings (SSSR count). The zero-order chi connectivity index (χ0) is 25.1. The van der Waals surface area contributed by atoms with Crippen LogP contribution >= 0.6 is 11.6 Å². The summed E-state index contributed by atoms with van der Waals surface area (Å²) in [5.74, 6) is 2.72. The maximum Gasteiger partial charge on any atom is 0.141 e. The number of aromatic nitrogens is 2. The molecule has 5 nitrogen and oxygen atoms in total. The summed E-state index contributed by atoms with van der Waals surface area (Å²) >= 11 is 6.56. The number of benzene rings is 3. The zero-order valence-electron chi connectivity index (χ0n) is 20.0. The van der Waals surface area contributed by atoms with Gasteiger partial charge in [0, 0.05) is 23.4 Å². The van der Waals surface area contributed by atoms with Crippen molar-refractivity contribution in [1.82, 2.24) is 9.97 Å². The lowest BCUT2D eigenvalue weighted by Crippen LogP contribution is -1.99. The van der Waals surface area contributed by atoms with Gasteiger partial charge in [-0.15, -0.1) is 0 Å². The summed E-state index contributed by atoms with van der Waals surface area (Å²) in [6.45, 7) is 4.42. The minimum Gasteiger partial charge on any atom is -0.489 e. The summed E-state index contributed by atoms with van der Waals surface area (Å²) in [5.41, 5.74) is 4.31. The Morgan fingerprint density at radius 2 is 1.92 bits per heavy atom. The van der Waals surface area contributed by atoms with Gasteiger partial charge in [0.05, 0.1) is 16.2 Å². The SMILES string of the molecule is CCCc1ccc(-c2cc3c(Nc4ccc(OCc5cccc(F)c5)cc4Cl)ncnc3cc2C)o1. The summed E-state index contributed by atoms with van der Waals surface area (Å²) in [7, 11) is 0. The molecule has 3 aromatic carbocycles. The van der Waals surface area contributed by atoms with E-state index >= 15 is 0 Å². The lowest BCUT2D eigenvalue weighted by Gasteiger charge is -2.13. The molecule has 2 heterocycles. The number of fused-ring (bicyclic) bond motifs is 1. The normalized spacial score (nSPS) is 11.1. The van der Waals surface area contributed by atoms with Crippen LogP contribution in [0.3, 0.4) is 0 Å². The molecule has 0 aliphatic carbocycles. The van der Waals surface area contributed by atoms with Gasteiger partial charge in [-0.25, -0.2) is 14.4 Å². The Kier molecular flexibility index (Phi) is 6.87. The average molecular weight is 502 g/mol. The molecule has 0 unspecified atom stereocenters. The molecule has 0 aliphatic rings. The number of furan rings is 1. The molecule has 0 fully saturated rings. The van der Waals surface area contributed by atoms with E-state index in [0.717, 1.165) is 52.0 Å². The Hall–Kier alpha value is -3.90. The zero-order valence-corrected chi connectivity index (χ0v) is 20.8. The average Bonchev–Trinajstić information content (AvgIpc) is 3.32. The Labute approximate surface area is 213 Å². The maximum atomic E-state index is 13.4. The van der Waals surface area contributed by atoms with Gasteiger partial charge in [-0.1, -0.05) is 30.7 Å². The molecule has 36 heavy (non-hydrogen) atoms. The van der Waals surface area contributed by atoms with Crippen LogP contribution in [0.1, 0.15) is 30.2 Å². The standard InChI is InChI=1S/C29H25ClFN3O2/c1-3-5-21-9-11-28(36-21)23-15-24-27(12-18(23)2)32-17-33-29(24)34-26-10-8-22(14-25(26)30)35-16-19-6-4-7-20(31)13-19/h4,6-15,17H,3,5,16H2,1-2H3,(H,32,33,34). The lowest BCUT2D eigenvalue weighted by molar-refractivity contribution is 0.305. The summed E-state index contributed by atoms with van der Waals surface area (Å²) in [5, 5.41) is 4.66. The van der Waals surface area contributed by atoms with Gasteiger partial charge in [-0.05, 0) is 73.0 Å². The van der Waals surface area contributed by atoms with Crippen LogP contribution in [0.5, 0.6) is 5.75 Å². The molecular formula is C29H25ClFN3O2. The topological polar surface area (TPSA) is 60.2 Å². The smallest absolute Gasteiger partial charge is 0.141 e. The van der Waals surface area contributed by atoms with Gasteiger partial charge in [0.2, 0.25) is 0 Å². The largest absolute Gasteiger partial charge is 0.489 e. The van der Waals surface area contributed by atoms with Gasteiger partial charge in [0.25, 0.3) is 0 Å². The summed E-state index contributed by atoms with van der Waals surface area (Å²) in [6.07, 6.45) is 3.46. The van der Waals surface area contributed by atoms with Crippen LogP contribution in [0.2, 0.25) is 5.02 Å². The summed E-state index contributed by atoms with van der Waals surface area (Å²) < 4.78 is 25.3. The molecule has 0 amide bonds. The molecule has 7 heteroatoms. The van der Waals surface area contributed by atoms with E-state index in [2.05, 4.69) is 22.2 Å². The second-order valence-electron chi connectivity index (χ2n) is 8.61. The number of nitrogens with zero attached hydrogens (tertiary/aromatic N) is 2. The summed E-state index contributed by atoms with van der Waals surface area (Å²) in [6, 6.07) is 19.8. The fraction of sp³-hybridized carbons (Fsp3) is 0.172. The fourth-order valence-corrected chi connectivity index (χ4v) is 4.30. The first-order valence-electron chi connectivity index (χ1n) is 11.8. The molecular weight excluding hydrogens is 477 g/mol. The Morgan fingerprint density at radius 1 is 1.03 bits per heavy atom. The number of halogens is 2. The van der Waals surface area contributed by atoms with E-state index in [0.29, 0.717) is 22.3 Å². The molecule has 0 saturated carbocycles. The van der Waals surface area contributed by atoms with E-state index in [-0.39, 0.29) is 12.4 Å². The maximum absolute atomic E-state index is 13.4. The molecule has 0 saturated heterocycles. The predicted octanol–water partition coefficient (Wildman–Crippen LogP) is 8.27. The van der Waals surface area contributed by atoms with Crippen molar-refractivity contribution in [2.45, 2.75) is 33.3 Å². The van der Waals surface area contributed by atoms with Crippen molar-refractivity contribution in [2.24, 2.45) is 0 Å². The number of nitrogens with one attached hydrogen (secondary N) is 1. The van der Waals surface area contributed by atoms with Crippen LogP contribution < -0.4 is 10.1 Å². The monoisotopic (exact) mass is 501 g/mol. The van der Waals surface area contributed by atoms with Gasteiger partial charge < -0.3 is 14.5 Å². The van der Waals surface area contributed by atoms with Crippen LogP contribution in [0, 0.1) is 12.7 Å². The third-order valence-electron chi connectivity index (χ3n) is 5.89. The van der Waals surface area contributed by atoms with Crippen LogP contribution in [0.4, 0.5) is 15.9 Å². The van der Waals surface area contributed by atoms with E-state index in [1.54, 1.807) is 12.1 Å². The molecule has 182 valence electrons.